The largest absolute Gasteiger partial charge is 0.382 e. The summed E-state index contributed by atoms with van der Waals surface area (Å²) in [5.41, 5.74) is 7.16. The molecular formula is C12H21N3. The maximum atomic E-state index is 5.67. The number of nitrogen functional groups attached to an aromatic ring is 1. The average Bonchev–Trinajstić information content (AvgIpc) is 2.59. The Morgan fingerprint density at radius 2 is 1.80 bits per heavy atom. The van der Waals surface area contributed by atoms with E-state index in [9.17, 15) is 0 Å². The lowest BCUT2D eigenvalue weighted by Crippen LogP contribution is -2.23. The third-order valence-electron chi connectivity index (χ3n) is 3.71. The van der Waals surface area contributed by atoms with Gasteiger partial charge in [-0.3, -0.25) is 5.10 Å². The van der Waals surface area contributed by atoms with Gasteiger partial charge in [0, 0.05) is 17.2 Å². The van der Waals surface area contributed by atoms with E-state index >= 15 is 0 Å². The molecule has 84 valence electrons. The summed E-state index contributed by atoms with van der Waals surface area (Å²) in [7, 11) is 0. The molecule has 0 spiro atoms. The van der Waals surface area contributed by atoms with E-state index in [-0.39, 0.29) is 5.41 Å². The van der Waals surface area contributed by atoms with Crippen molar-refractivity contribution in [3.8, 4) is 0 Å². The highest BCUT2D eigenvalue weighted by Gasteiger charge is 2.28. The van der Waals surface area contributed by atoms with E-state index in [0.717, 1.165) is 0 Å². The molecule has 0 unspecified atom stereocenters. The quantitative estimate of drug-likeness (QED) is 0.743. The SMILES string of the molecule is CC1(c2cc(N)n[nH]2)CCCCCCC1. The summed E-state index contributed by atoms with van der Waals surface area (Å²) in [5.74, 6) is 0.619. The van der Waals surface area contributed by atoms with Gasteiger partial charge in [-0.2, -0.15) is 5.10 Å². The number of anilines is 1. The Balaban J connectivity index is 2.15. The number of hydrogen-bond donors (Lipinski definition) is 2. The van der Waals surface area contributed by atoms with Gasteiger partial charge >= 0.3 is 0 Å². The Kier molecular flexibility index (Phi) is 2.98. The first-order chi connectivity index (χ1) is 7.21. The van der Waals surface area contributed by atoms with Crippen molar-refractivity contribution in [2.24, 2.45) is 0 Å². The number of nitrogens with zero attached hydrogens (tertiary/aromatic N) is 1. The highest BCUT2D eigenvalue weighted by atomic mass is 15.2. The van der Waals surface area contributed by atoms with Crippen molar-refractivity contribution in [3.63, 3.8) is 0 Å². The molecule has 1 aromatic heterocycles. The molecule has 0 radical (unpaired) electrons. The molecule has 1 aliphatic carbocycles. The van der Waals surface area contributed by atoms with Crippen LogP contribution >= 0.6 is 0 Å². The molecular weight excluding hydrogens is 186 g/mol. The van der Waals surface area contributed by atoms with Gasteiger partial charge in [-0.1, -0.05) is 39.0 Å². The first kappa shape index (κ1) is 10.5. The lowest BCUT2D eigenvalue weighted by Gasteiger charge is -2.30. The number of H-pyrrole nitrogens is 1. The van der Waals surface area contributed by atoms with Crippen LogP contribution < -0.4 is 5.73 Å². The molecule has 1 aliphatic rings. The minimum absolute atomic E-state index is 0.269. The summed E-state index contributed by atoms with van der Waals surface area (Å²) in [6, 6.07) is 2.00. The van der Waals surface area contributed by atoms with Gasteiger partial charge in [0.25, 0.3) is 0 Å². The van der Waals surface area contributed by atoms with Crippen LogP contribution in [0.15, 0.2) is 6.07 Å². The fourth-order valence-corrected chi connectivity index (χ4v) is 2.60. The lowest BCUT2D eigenvalue weighted by molar-refractivity contribution is 0.333. The van der Waals surface area contributed by atoms with Crippen molar-refractivity contribution in [2.45, 2.75) is 57.3 Å². The van der Waals surface area contributed by atoms with E-state index in [4.69, 9.17) is 5.73 Å². The summed E-state index contributed by atoms with van der Waals surface area (Å²) in [4.78, 5) is 0. The predicted octanol–water partition coefficient (Wildman–Crippen LogP) is 2.99. The topological polar surface area (TPSA) is 54.7 Å². The zero-order valence-corrected chi connectivity index (χ0v) is 9.55. The van der Waals surface area contributed by atoms with Gasteiger partial charge in [-0.15, -0.1) is 0 Å². The number of aromatic amines is 1. The normalized spacial score (nSPS) is 21.9. The van der Waals surface area contributed by atoms with Crippen molar-refractivity contribution in [3.05, 3.63) is 11.8 Å². The second kappa shape index (κ2) is 4.25. The van der Waals surface area contributed by atoms with Crippen molar-refractivity contribution in [1.82, 2.24) is 10.2 Å². The molecule has 3 N–H and O–H groups in total. The van der Waals surface area contributed by atoms with Crippen LogP contribution in [0.2, 0.25) is 0 Å². The smallest absolute Gasteiger partial charge is 0.145 e. The van der Waals surface area contributed by atoms with Crippen molar-refractivity contribution < 1.29 is 0 Å². The van der Waals surface area contributed by atoms with E-state index in [0.29, 0.717) is 5.82 Å². The van der Waals surface area contributed by atoms with Crippen molar-refractivity contribution >= 4 is 5.82 Å². The Morgan fingerprint density at radius 3 is 2.33 bits per heavy atom. The van der Waals surface area contributed by atoms with E-state index in [2.05, 4.69) is 17.1 Å². The fraction of sp³-hybridized carbons (Fsp3) is 0.750. The van der Waals surface area contributed by atoms with E-state index in [1.54, 1.807) is 0 Å². The van der Waals surface area contributed by atoms with Gasteiger partial charge in [0.1, 0.15) is 5.82 Å². The van der Waals surface area contributed by atoms with Gasteiger partial charge < -0.3 is 5.73 Å². The van der Waals surface area contributed by atoms with Gasteiger partial charge in [0.15, 0.2) is 0 Å². The third-order valence-corrected chi connectivity index (χ3v) is 3.71. The Labute approximate surface area is 91.4 Å². The second-order valence-corrected chi connectivity index (χ2v) is 5.03. The molecule has 1 fully saturated rings. The highest BCUT2D eigenvalue weighted by molar-refractivity contribution is 5.32. The zero-order chi connectivity index (χ0) is 10.7. The zero-order valence-electron chi connectivity index (χ0n) is 9.55. The Hall–Kier alpha value is -0.990. The van der Waals surface area contributed by atoms with Crippen LogP contribution in [0.1, 0.15) is 57.6 Å². The molecule has 0 aromatic carbocycles. The predicted molar refractivity (Wildman–Crippen MR) is 62.7 cm³/mol. The summed E-state index contributed by atoms with van der Waals surface area (Å²) in [6.07, 6.45) is 9.33. The summed E-state index contributed by atoms with van der Waals surface area (Å²) >= 11 is 0. The van der Waals surface area contributed by atoms with E-state index < -0.39 is 0 Å². The standard InChI is InChI=1S/C12H21N3/c1-12(10-9-11(13)15-14-10)7-5-3-2-4-6-8-12/h9H,2-8H2,1H3,(H3,13,14,15). The molecule has 2 rings (SSSR count). The van der Waals surface area contributed by atoms with Crippen LogP contribution in [0.25, 0.3) is 0 Å². The Bertz CT molecular complexity index is 308. The number of hydrogen-bond acceptors (Lipinski definition) is 2. The maximum Gasteiger partial charge on any atom is 0.145 e. The first-order valence-corrected chi connectivity index (χ1v) is 6.02. The number of aromatic nitrogens is 2. The van der Waals surface area contributed by atoms with Crippen molar-refractivity contribution in [1.29, 1.82) is 0 Å². The molecule has 1 aromatic rings. The van der Waals surface area contributed by atoms with Crippen molar-refractivity contribution in [2.75, 3.05) is 5.73 Å². The molecule has 3 nitrogen and oxygen atoms in total. The third kappa shape index (κ3) is 2.33. The molecule has 0 aliphatic heterocycles. The summed E-state index contributed by atoms with van der Waals surface area (Å²) in [5, 5.41) is 7.13. The van der Waals surface area contributed by atoms with E-state index in [1.165, 1.54) is 50.6 Å². The molecule has 0 saturated heterocycles. The average molecular weight is 207 g/mol. The van der Waals surface area contributed by atoms with Crippen LogP contribution in [0.5, 0.6) is 0 Å². The molecule has 3 heteroatoms. The Morgan fingerprint density at radius 1 is 1.20 bits per heavy atom. The van der Waals surface area contributed by atoms with Crippen LogP contribution in [0.3, 0.4) is 0 Å². The van der Waals surface area contributed by atoms with Gasteiger partial charge in [-0.25, -0.2) is 0 Å². The monoisotopic (exact) mass is 207 g/mol. The maximum absolute atomic E-state index is 5.67. The van der Waals surface area contributed by atoms with Gasteiger partial charge in [0.2, 0.25) is 0 Å². The van der Waals surface area contributed by atoms with Crippen LogP contribution in [-0.2, 0) is 5.41 Å². The van der Waals surface area contributed by atoms with Crippen LogP contribution in [0.4, 0.5) is 5.82 Å². The number of nitrogens with one attached hydrogen (secondary N) is 1. The highest BCUT2D eigenvalue weighted by Crippen LogP contribution is 2.36. The minimum atomic E-state index is 0.269. The number of rotatable bonds is 1. The van der Waals surface area contributed by atoms with E-state index in [1.807, 2.05) is 6.07 Å². The molecule has 1 heterocycles. The van der Waals surface area contributed by atoms with Gasteiger partial charge in [-0.05, 0) is 12.8 Å². The van der Waals surface area contributed by atoms with Crippen LogP contribution in [-0.4, -0.2) is 10.2 Å². The summed E-state index contributed by atoms with van der Waals surface area (Å²) in [6.45, 7) is 2.34. The molecule has 1 saturated carbocycles. The second-order valence-electron chi connectivity index (χ2n) is 5.03. The van der Waals surface area contributed by atoms with Crippen LogP contribution in [0, 0.1) is 0 Å². The fourth-order valence-electron chi connectivity index (χ4n) is 2.60. The molecule has 0 amide bonds. The minimum Gasteiger partial charge on any atom is -0.382 e. The molecule has 0 atom stereocenters. The number of nitrogens with two attached hydrogens (primary N) is 1. The molecule has 0 bridgehead atoms. The molecule has 15 heavy (non-hydrogen) atoms. The van der Waals surface area contributed by atoms with Gasteiger partial charge in [0.05, 0.1) is 0 Å². The summed E-state index contributed by atoms with van der Waals surface area (Å²) < 4.78 is 0. The lowest BCUT2D eigenvalue weighted by atomic mass is 9.75. The first-order valence-electron chi connectivity index (χ1n) is 6.02.